The zero-order chi connectivity index (χ0) is 16.4. The molecule has 0 radical (unpaired) electrons. The molecule has 1 aliphatic rings. The summed E-state index contributed by atoms with van der Waals surface area (Å²) in [4.78, 5) is 6.81. The number of aliphatic hydroxyl groups is 1. The molecule has 0 saturated carbocycles. The van der Waals surface area contributed by atoms with Crippen molar-refractivity contribution in [3.05, 3.63) is 40.8 Å². The molecule has 0 atom stereocenters. The monoisotopic (exact) mass is 311 g/mol. The molecular formula is C17H21N5O. The van der Waals surface area contributed by atoms with Gasteiger partial charge in [-0.05, 0) is 38.3 Å². The number of nitriles is 1. The smallest absolute Gasteiger partial charge is 0.153 e. The Labute approximate surface area is 136 Å². The summed E-state index contributed by atoms with van der Waals surface area (Å²) in [5.74, 6) is 0.735. The summed E-state index contributed by atoms with van der Waals surface area (Å²) in [6.07, 6.45) is 5.36. The number of piperidine rings is 1. The van der Waals surface area contributed by atoms with E-state index in [1.807, 2.05) is 32.3 Å². The molecule has 3 rings (SSSR count). The number of rotatable bonds is 3. The van der Waals surface area contributed by atoms with Gasteiger partial charge >= 0.3 is 0 Å². The van der Waals surface area contributed by atoms with Crippen LogP contribution in [0.15, 0.2) is 18.5 Å². The molecule has 1 fully saturated rings. The summed E-state index contributed by atoms with van der Waals surface area (Å²) >= 11 is 0. The number of nitrogens with zero attached hydrogens (tertiary/aromatic N) is 5. The highest BCUT2D eigenvalue weighted by Gasteiger charge is 2.17. The molecule has 0 spiro atoms. The number of aliphatic hydroxyl groups excluding tert-OH is 1. The molecule has 1 saturated heterocycles. The van der Waals surface area contributed by atoms with Crippen molar-refractivity contribution in [3.8, 4) is 11.9 Å². The first-order valence-electron chi connectivity index (χ1n) is 7.89. The average molecular weight is 311 g/mol. The fourth-order valence-electron chi connectivity index (χ4n) is 3.00. The van der Waals surface area contributed by atoms with E-state index in [9.17, 15) is 5.11 Å². The number of aryl methyl sites for hydroxylation is 2. The number of hydrogen-bond donors (Lipinski definition) is 1. The molecule has 0 aromatic carbocycles. The van der Waals surface area contributed by atoms with E-state index in [-0.39, 0.29) is 6.10 Å². The first-order valence-corrected chi connectivity index (χ1v) is 7.89. The second kappa shape index (κ2) is 6.49. The Morgan fingerprint density at radius 1 is 1.35 bits per heavy atom. The minimum absolute atomic E-state index is 0.150. The van der Waals surface area contributed by atoms with Gasteiger partial charge in [-0.3, -0.25) is 4.90 Å². The molecule has 120 valence electrons. The lowest BCUT2D eigenvalue weighted by molar-refractivity contribution is 0.0792. The van der Waals surface area contributed by atoms with Gasteiger partial charge in [0.25, 0.3) is 0 Å². The SMILES string of the molecule is Cc1cc(-n2cc(CN3CCC(O)CC3)cn2)nc(C)c1C#N. The zero-order valence-electron chi connectivity index (χ0n) is 13.5. The second-order valence-corrected chi connectivity index (χ2v) is 6.17. The molecule has 23 heavy (non-hydrogen) atoms. The van der Waals surface area contributed by atoms with Gasteiger partial charge < -0.3 is 5.11 Å². The van der Waals surface area contributed by atoms with Gasteiger partial charge in [0.05, 0.1) is 23.6 Å². The summed E-state index contributed by atoms with van der Waals surface area (Å²) in [5.41, 5.74) is 3.40. The minimum atomic E-state index is -0.150. The van der Waals surface area contributed by atoms with Crippen molar-refractivity contribution in [1.29, 1.82) is 5.26 Å². The lowest BCUT2D eigenvalue weighted by atomic mass is 10.1. The van der Waals surface area contributed by atoms with Crippen LogP contribution >= 0.6 is 0 Å². The molecule has 3 heterocycles. The highest BCUT2D eigenvalue weighted by molar-refractivity contribution is 5.44. The highest BCUT2D eigenvalue weighted by atomic mass is 16.3. The van der Waals surface area contributed by atoms with Gasteiger partial charge in [-0.2, -0.15) is 10.4 Å². The maximum absolute atomic E-state index is 9.57. The van der Waals surface area contributed by atoms with Gasteiger partial charge in [0.1, 0.15) is 6.07 Å². The van der Waals surface area contributed by atoms with Crippen LogP contribution in [0, 0.1) is 25.2 Å². The summed E-state index contributed by atoms with van der Waals surface area (Å²) in [7, 11) is 0. The van der Waals surface area contributed by atoms with Crippen molar-refractivity contribution >= 4 is 0 Å². The van der Waals surface area contributed by atoms with Gasteiger partial charge in [0, 0.05) is 31.4 Å². The molecule has 0 aliphatic carbocycles. The maximum Gasteiger partial charge on any atom is 0.153 e. The van der Waals surface area contributed by atoms with E-state index in [1.54, 1.807) is 4.68 Å². The Hall–Kier alpha value is -2.23. The number of likely N-dealkylation sites (tertiary alicyclic amines) is 1. The van der Waals surface area contributed by atoms with Crippen LogP contribution in [0.5, 0.6) is 0 Å². The van der Waals surface area contributed by atoms with Gasteiger partial charge in [0.2, 0.25) is 0 Å². The Morgan fingerprint density at radius 3 is 2.74 bits per heavy atom. The quantitative estimate of drug-likeness (QED) is 0.933. The zero-order valence-corrected chi connectivity index (χ0v) is 13.5. The number of aromatic nitrogens is 3. The van der Waals surface area contributed by atoms with Crippen LogP contribution in [0.4, 0.5) is 0 Å². The normalized spacial score (nSPS) is 16.4. The summed E-state index contributed by atoms with van der Waals surface area (Å²) in [6.45, 7) is 6.43. The Kier molecular flexibility index (Phi) is 4.42. The van der Waals surface area contributed by atoms with Gasteiger partial charge in [0.15, 0.2) is 5.82 Å². The molecular weight excluding hydrogens is 290 g/mol. The molecule has 0 amide bonds. The topological polar surface area (TPSA) is 78.0 Å². The molecule has 6 nitrogen and oxygen atoms in total. The van der Waals surface area contributed by atoms with Crippen molar-refractivity contribution in [3.63, 3.8) is 0 Å². The van der Waals surface area contributed by atoms with E-state index >= 15 is 0 Å². The van der Waals surface area contributed by atoms with Crippen molar-refractivity contribution in [2.24, 2.45) is 0 Å². The van der Waals surface area contributed by atoms with Crippen LogP contribution in [0.25, 0.3) is 5.82 Å². The van der Waals surface area contributed by atoms with Crippen LogP contribution in [-0.2, 0) is 6.54 Å². The third-order valence-corrected chi connectivity index (χ3v) is 4.33. The van der Waals surface area contributed by atoms with E-state index in [2.05, 4.69) is 21.1 Å². The fraction of sp³-hybridized carbons (Fsp3) is 0.471. The van der Waals surface area contributed by atoms with Crippen LogP contribution < -0.4 is 0 Å². The minimum Gasteiger partial charge on any atom is -0.393 e. The van der Waals surface area contributed by atoms with E-state index in [0.29, 0.717) is 5.56 Å². The molecule has 0 unspecified atom stereocenters. The van der Waals surface area contributed by atoms with Crippen LogP contribution in [-0.4, -0.2) is 44.0 Å². The van der Waals surface area contributed by atoms with Crippen LogP contribution in [0.3, 0.4) is 0 Å². The van der Waals surface area contributed by atoms with Crippen LogP contribution in [0.2, 0.25) is 0 Å². The lowest BCUT2D eigenvalue weighted by Crippen LogP contribution is -2.35. The molecule has 2 aromatic rings. The van der Waals surface area contributed by atoms with Crippen molar-refractivity contribution in [1.82, 2.24) is 19.7 Å². The Bertz CT molecular complexity index is 715. The Balaban J connectivity index is 1.76. The maximum atomic E-state index is 9.57. The van der Waals surface area contributed by atoms with Crippen molar-refractivity contribution in [2.75, 3.05) is 13.1 Å². The van der Waals surface area contributed by atoms with Gasteiger partial charge in [-0.1, -0.05) is 0 Å². The van der Waals surface area contributed by atoms with Crippen molar-refractivity contribution in [2.45, 2.75) is 39.3 Å². The third-order valence-electron chi connectivity index (χ3n) is 4.33. The third kappa shape index (κ3) is 3.41. The van der Waals surface area contributed by atoms with E-state index in [1.165, 1.54) is 0 Å². The van der Waals surface area contributed by atoms with Crippen molar-refractivity contribution < 1.29 is 5.11 Å². The first kappa shape index (κ1) is 15.7. The molecule has 6 heteroatoms. The molecule has 2 aromatic heterocycles. The summed E-state index contributed by atoms with van der Waals surface area (Å²) < 4.78 is 1.76. The predicted octanol–water partition coefficient (Wildman–Crippen LogP) is 1.71. The second-order valence-electron chi connectivity index (χ2n) is 6.17. The van der Waals surface area contributed by atoms with E-state index < -0.39 is 0 Å². The Morgan fingerprint density at radius 2 is 2.09 bits per heavy atom. The summed E-state index contributed by atoms with van der Waals surface area (Å²) in [5, 5.41) is 23.1. The van der Waals surface area contributed by atoms with E-state index in [0.717, 1.165) is 55.1 Å². The predicted molar refractivity (Wildman–Crippen MR) is 86.1 cm³/mol. The average Bonchev–Trinajstić information content (AvgIpc) is 2.98. The van der Waals surface area contributed by atoms with Gasteiger partial charge in [-0.15, -0.1) is 0 Å². The fourth-order valence-corrected chi connectivity index (χ4v) is 3.00. The largest absolute Gasteiger partial charge is 0.393 e. The highest BCUT2D eigenvalue weighted by Crippen LogP contribution is 2.17. The summed E-state index contributed by atoms with van der Waals surface area (Å²) in [6, 6.07) is 4.07. The first-order chi connectivity index (χ1) is 11.1. The van der Waals surface area contributed by atoms with Gasteiger partial charge in [-0.25, -0.2) is 9.67 Å². The standard InChI is InChI=1S/C17H21N5O/c1-12-7-17(20-13(2)16(12)8-18)22-11-14(9-19-22)10-21-5-3-15(23)4-6-21/h7,9,11,15,23H,3-6,10H2,1-2H3. The van der Waals surface area contributed by atoms with Crippen LogP contribution in [0.1, 0.15) is 35.2 Å². The number of hydrogen-bond acceptors (Lipinski definition) is 5. The van der Waals surface area contributed by atoms with E-state index in [4.69, 9.17) is 5.26 Å². The molecule has 1 N–H and O–H groups in total. The lowest BCUT2D eigenvalue weighted by Gasteiger charge is -2.28. The number of pyridine rings is 1. The molecule has 1 aliphatic heterocycles. The molecule has 0 bridgehead atoms.